The molecule has 2 aromatic rings. The minimum atomic E-state index is -0.0305. The third-order valence-corrected chi connectivity index (χ3v) is 3.62. The van der Waals surface area contributed by atoms with Crippen molar-refractivity contribution in [3.8, 4) is 17.2 Å². The van der Waals surface area contributed by atoms with Crippen LogP contribution in [-0.2, 0) is 11.2 Å². The molecule has 5 heteroatoms. The van der Waals surface area contributed by atoms with Crippen LogP contribution in [0.15, 0.2) is 42.5 Å². The Morgan fingerprint density at radius 1 is 0.960 bits per heavy atom. The van der Waals surface area contributed by atoms with Gasteiger partial charge in [0.2, 0.25) is 5.91 Å². The summed E-state index contributed by atoms with van der Waals surface area (Å²) in [5, 5.41) is 2.89. The Kier molecular flexibility index (Phi) is 7.14. The lowest BCUT2D eigenvalue weighted by molar-refractivity contribution is -0.116. The van der Waals surface area contributed by atoms with Gasteiger partial charge < -0.3 is 19.5 Å². The van der Waals surface area contributed by atoms with E-state index in [1.807, 2.05) is 56.3 Å². The van der Waals surface area contributed by atoms with Crippen molar-refractivity contribution in [2.75, 3.05) is 25.6 Å². The van der Waals surface area contributed by atoms with Gasteiger partial charge in [0.05, 0.1) is 20.3 Å². The normalized spacial score (nSPS) is 10.2. The summed E-state index contributed by atoms with van der Waals surface area (Å²) >= 11 is 0. The van der Waals surface area contributed by atoms with Gasteiger partial charge in [0, 0.05) is 12.1 Å². The molecule has 0 bridgehead atoms. The highest BCUT2D eigenvalue weighted by Crippen LogP contribution is 2.28. The number of carbonyl (C=O) groups is 1. The maximum absolute atomic E-state index is 12.1. The standard InChI is InChI=1S/C20H25NO4/c1-4-24-17-10-8-16(9-11-17)21-20(22)13-7-15-6-12-18(25-5-2)19(14-15)23-3/h6,8-12,14H,4-5,7,13H2,1-3H3,(H,21,22). The minimum absolute atomic E-state index is 0.0305. The van der Waals surface area contributed by atoms with Gasteiger partial charge in [-0.1, -0.05) is 6.07 Å². The summed E-state index contributed by atoms with van der Waals surface area (Å²) in [4.78, 5) is 12.1. The number of hydrogen-bond donors (Lipinski definition) is 1. The topological polar surface area (TPSA) is 56.8 Å². The molecule has 0 aromatic heterocycles. The van der Waals surface area contributed by atoms with E-state index in [9.17, 15) is 4.79 Å². The van der Waals surface area contributed by atoms with E-state index in [-0.39, 0.29) is 5.91 Å². The summed E-state index contributed by atoms with van der Waals surface area (Å²) in [6.07, 6.45) is 1.02. The van der Waals surface area contributed by atoms with Crippen molar-refractivity contribution in [1.82, 2.24) is 0 Å². The van der Waals surface area contributed by atoms with Crippen LogP contribution in [0.5, 0.6) is 17.2 Å². The summed E-state index contributed by atoms with van der Waals surface area (Å²) in [7, 11) is 1.61. The van der Waals surface area contributed by atoms with E-state index in [0.717, 1.165) is 17.0 Å². The van der Waals surface area contributed by atoms with Gasteiger partial charge in [0.15, 0.2) is 11.5 Å². The van der Waals surface area contributed by atoms with Crippen LogP contribution in [0, 0.1) is 0 Å². The van der Waals surface area contributed by atoms with Crippen molar-refractivity contribution in [2.45, 2.75) is 26.7 Å². The maximum Gasteiger partial charge on any atom is 0.224 e. The average molecular weight is 343 g/mol. The molecular formula is C20H25NO4. The average Bonchev–Trinajstić information content (AvgIpc) is 2.63. The summed E-state index contributed by atoms with van der Waals surface area (Å²) < 4.78 is 16.2. The Labute approximate surface area is 148 Å². The van der Waals surface area contributed by atoms with Gasteiger partial charge >= 0.3 is 0 Å². The van der Waals surface area contributed by atoms with Crippen molar-refractivity contribution in [3.63, 3.8) is 0 Å². The lowest BCUT2D eigenvalue weighted by Gasteiger charge is -2.11. The number of hydrogen-bond acceptors (Lipinski definition) is 4. The molecular weight excluding hydrogens is 318 g/mol. The first-order chi connectivity index (χ1) is 12.2. The van der Waals surface area contributed by atoms with E-state index < -0.39 is 0 Å². The highest BCUT2D eigenvalue weighted by Gasteiger charge is 2.08. The van der Waals surface area contributed by atoms with Gasteiger partial charge in [-0.2, -0.15) is 0 Å². The van der Waals surface area contributed by atoms with E-state index in [0.29, 0.717) is 37.6 Å². The highest BCUT2D eigenvalue weighted by molar-refractivity contribution is 5.90. The molecule has 0 atom stereocenters. The third kappa shape index (κ3) is 5.71. The molecule has 5 nitrogen and oxygen atoms in total. The van der Waals surface area contributed by atoms with Crippen molar-refractivity contribution in [3.05, 3.63) is 48.0 Å². The zero-order chi connectivity index (χ0) is 18.1. The van der Waals surface area contributed by atoms with Crippen LogP contribution in [0.4, 0.5) is 5.69 Å². The number of carbonyl (C=O) groups excluding carboxylic acids is 1. The molecule has 0 saturated carbocycles. The maximum atomic E-state index is 12.1. The van der Waals surface area contributed by atoms with Crippen molar-refractivity contribution in [1.29, 1.82) is 0 Å². The zero-order valence-corrected chi connectivity index (χ0v) is 15.0. The van der Waals surface area contributed by atoms with Crippen LogP contribution in [0.2, 0.25) is 0 Å². The summed E-state index contributed by atoms with van der Waals surface area (Å²) in [6.45, 7) is 5.07. The lowest BCUT2D eigenvalue weighted by Crippen LogP contribution is -2.12. The number of ether oxygens (including phenoxy) is 3. The Hall–Kier alpha value is -2.69. The predicted molar refractivity (Wildman–Crippen MR) is 98.7 cm³/mol. The highest BCUT2D eigenvalue weighted by atomic mass is 16.5. The fourth-order valence-electron chi connectivity index (χ4n) is 2.42. The molecule has 0 heterocycles. The van der Waals surface area contributed by atoms with Crippen LogP contribution in [0.3, 0.4) is 0 Å². The molecule has 0 aliphatic carbocycles. The van der Waals surface area contributed by atoms with E-state index in [4.69, 9.17) is 14.2 Å². The van der Waals surface area contributed by atoms with Gasteiger partial charge in [-0.3, -0.25) is 4.79 Å². The summed E-state index contributed by atoms with van der Waals surface area (Å²) in [5.41, 5.74) is 1.79. The minimum Gasteiger partial charge on any atom is -0.494 e. The summed E-state index contributed by atoms with van der Waals surface area (Å²) in [5.74, 6) is 2.16. The molecule has 0 unspecified atom stereocenters. The van der Waals surface area contributed by atoms with Gasteiger partial charge in [0.1, 0.15) is 5.75 Å². The SMILES string of the molecule is CCOc1ccc(NC(=O)CCc2ccc(OCC)c(OC)c2)cc1. The molecule has 0 aliphatic heterocycles. The molecule has 0 fully saturated rings. The second-order valence-electron chi connectivity index (χ2n) is 5.42. The molecule has 1 N–H and O–H groups in total. The third-order valence-electron chi connectivity index (χ3n) is 3.62. The Morgan fingerprint density at radius 3 is 2.32 bits per heavy atom. The number of rotatable bonds is 9. The van der Waals surface area contributed by atoms with Crippen molar-refractivity contribution < 1.29 is 19.0 Å². The first-order valence-electron chi connectivity index (χ1n) is 8.48. The van der Waals surface area contributed by atoms with E-state index in [2.05, 4.69) is 5.32 Å². The second kappa shape index (κ2) is 9.57. The fraction of sp³-hybridized carbons (Fsp3) is 0.350. The van der Waals surface area contributed by atoms with E-state index in [1.54, 1.807) is 7.11 Å². The molecule has 134 valence electrons. The monoisotopic (exact) mass is 343 g/mol. The molecule has 0 radical (unpaired) electrons. The molecule has 0 aliphatic rings. The van der Waals surface area contributed by atoms with E-state index >= 15 is 0 Å². The van der Waals surface area contributed by atoms with Crippen molar-refractivity contribution >= 4 is 11.6 Å². The van der Waals surface area contributed by atoms with Crippen LogP contribution < -0.4 is 19.5 Å². The predicted octanol–water partition coefficient (Wildman–Crippen LogP) is 4.06. The van der Waals surface area contributed by atoms with Crippen LogP contribution in [0.1, 0.15) is 25.8 Å². The summed E-state index contributed by atoms with van der Waals surface area (Å²) in [6, 6.07) is 13.1. The number of aryl methyl sites for hydroxylation is 1. The molecule has 2 aromatic carbocycles. The second-order valence-corrected chi connectivity index (χ2v) is 5.42. The van der Waals surface area contributed by atoms with Crippen LogP contribution in [0.25, 0.3) is 0 Å². The zero-order valence-electron chi connectivity index (χ0n) is 15.0. The molecule has 1 amide bonds. The Morgan fingerprint density at radius 2 is 1.68 bits per heavy atom. The Bertz CT molecular complexity index is 683. The van der Waals surface area contributed by atoms with Crippen molar-refractivity contribution in [2.24, 2.45) is 0 Å². The first kappa shape index (κ1) is 18.6. The number of methoxy groups -OCH3 is 1. The molecule has 0 saturated heterocycles. The van der Waals surface area contributed by atoms with Gasteiger partial charge in [-0.15, -0.1) is 0 Å². The fourth-order valence-corrected chi connectivity index (χ4v) is 2.42. The van der Waals surface area contributed by atoms with Gasteiger partial charge in [-0.05, 0) is 62.2 Å². The smallest absolute Gasteiger partial charge is 0.224 e. The Balaban J connectivity index is 1.89. The largest absolute Gasteiger partial charge is 0.494 e. The van der Waals surface area contributed by atoms with Crippen LogP contribution in [-0.4, -0.2) is 26.2 Å². The van der Waals surface area contributed by atoms with Gasteiger partial charge in [0.25, 0.3) is 0 Å². The van der Waals surface area contributed by atoms with E-state index in [1.165, 1.54) is 0 Å². The number of anilines is 1. The quantitative estimate of drug-likeness (QED) is 0.746. The molecule has 2 rings (SSSR count). The lowest BCUT2D eigenvalue weighted by atomic mass is 10.1. The number of nitrogens with one attached hydrogen (secondary N) is 1. The first-order valence-corrected chi connectivity index (χ1v) is 8.48. The number of amides is 1. The van der Waals surface area contributed by atoms with Crippen LogP contribution >= 0.6 is 0 Å². The van der Waals surface area contributed by atoms with Gasteiger partial charge in [-0.25, -0.2) is 0 Å². The molecule has 0 spiro atoms. The number of benzene rings is 2. The molecule has 25 heavy (non-hydrogen) atoms.